The summed E-state index contributed by atoms with van der Waals surface area (Å²) in [5.74, 6) is 0.866. The first-order chi connectivity index (χ1) is 13.9. The molecule has 0 radical (unpaired) electrons. The van der Waals surface area contributed by atoms with E-state index in [1.165, 1.54) is 16.7 Å². The molecule has 3 N–H and O–H groups in total. The van der Waals surface area contributed by atoms with Crippen LogP contribution in [0.5, 0.6) is 0 Å². The molecule has 1 amide bonds. The van der Waals surface area contributed by atoms with Gasteiger partial charge in [-0.1, -0.05) is 49.7 Å². The number of β-amino-alcohol motifs (C(OH)–C–C–N with tert-alkyl or cyclic N) is 1. The largest absolute Gasteiger partial charge is 0.388 e. The van der Waals surface area contributed by atoms with Gasteiger partial charge in [0.1, 0.15) is 0 Å². The van der Waals surface area contributed by atoms with E-state index in [4.69, 9.17) is 5.73 Å². The molecule has 1 aliphatic heterocycles. The van der Waals surface area contributed by atoms with E-state index in [0.717, 1.165) is 45.3 Å². The Balaban J connectivity index is 1.30. The Morgan fingerprint density at radius 1 is 1.10 bits per heavy atom. The van der Waals surface area contributed by atoms with Crippen molar-refractivity contribution in [1.82, 2.24) is 4.90 Å². The predicted molar refractivity (Wildman–Crippen MR) is 114 cm³/mol. The van der Waals surface area contributed by atoms with Crippen LogP contribution in [-0.4, -0.2) is 41.1 Å². The van der Waals surface area contributed by atoms with Crippen molar-refractivity contribution in [3.8, 4) is 0 Å². The summed E-state index contributed by atoms with van der Waals surface area (Å²) in [5, 5.41) is 11.2. The van der Waals surface area contributed by atoms with Gasteiger partial charge in [0.25, 0.3) is 0 Å². The normalized spacial score (nSPS) is 29.4. The van der Waals surface area contributed by atoms with Crippen LogP contribution in [0.4, 0.5) is 0 Å². The molecule has 1 saturated heterocycles. The van der Waals surface area contributed by atoms with Gasteiger partial charge in [0.15, 0.2) is 0 Å². The lowest BCUT2D eigenvalue weighted by atomic mass is 9.84. The van der Waals surface area contributed by atoms with Gasteiger partial charge in [-0.2, -0.15) is 0 Å². The van der Waals surface area contributed by atoms with Gasteiger partial charge in [-0.05, 0) is 47.1 Å². The third kappa shape index (κ3) is 3.01. The minimum absolute atomic E-state index is 0.179. The lowest BCUT2D eigenvalue weighted by Crippen LogP contribution is -2.45. The number of nitrogens with zero attached hydrogens (tertiary/aromatic N) is 1. The number of carbonyl (C=O) groups is 1. The maximum absolute atomic E-state index is 11.7. The first kappa shape index (κ1) is 18.8. The van der Waals surface area contributed by atoms with Gasteiger partial charge in [0.2, 0.25) is 5.91 Å². The molecule has 5 rings (SSSR count). The quantitative estimate of drug-likeness (QED) is 0.797. The van der Waals surface area contributed by atoms with Crippen LogP contribution in [-0.2, 0) is 18.3 Å². The topological polar surface area (TPSA) is 66.6 Å². The molecule has 0 aromatic heterocycles. The number of hydrogen-bond acceptors (Lipinski definition) is 3. The van der Waals surface area contributed by atoms with Crippen molar-refractivity contribution in [2.45, 2.75) is 43.6 Å². The summed E-state index contributed by atoms with van der Waals surface area (Å²) in [7, 11) is 0. The van der Waals surface area contributed by atoms with E-state index >= 15 is 0 Å². The van der Waals surface area contributed by atoms with Crippen LogP contribution < -0.4 is 5.73 Å². The zero-order valence-corrected chi connectivity index (χ0v) is 17.1. The molecule has 1 heterocycles. The first-order valence-corrected chi connectivity index (χ1v) is 10.9. The Bertz CT molecular complexity index is 916. The molecule has 4 nitrogen and oxygen atoms in total. The molecule has 2 atom stereocenters. The van der Waals surface area contributed by atoms with Gasteiger partial charge in [0.05, 0.1) is 5.60 Å². The summed E-state index contributed by atoms with van der Waals surface area (Å²) in [6.07, 6.45) is 3.80. The molecule has 4 heteroatoms. The highest BCUT2D eigenvalue weighted by molar-refractivity contribution is 5.93. The van der Waals surface area contributed by atoms with E-state index < -0.39 is 5.60 Å². The van der Waals surface area contributed by atoms with Crippen LogP contribution >= 0.6 is 0 Å². The molecule has 152 valence electrons. The molecule has 0 bridgehead atoms. The highest BCUT2D eigenvalue weighted by Gasteiger charge is 2.67. The molecule has 2 aliphatic carbocycles. The molecule has 2 aromatic rings. The summed E-state index contributed by atoms with van der Waals surface area (Å²) in [6, 6.07) is 16.4. The number of nitrogens with two attached hydrogens (primary N) is 1. The minimum atomic E-state index is -0.639. The molecule has 2 fully saturated rings. The molecule has 1 saturated carbocycles. The number of amides is 1. The van der Waals surface area contributed by atoms with Crippen molar-refractivity contribution < 1.29 is 9.90 Å². The molecule has 3 aliphatic rings. The second-order valence-electron chi connectivity index (χ2n) is 9.49. The Kier molecular flexibility index (Phi) is 4.34. The van der Waals surface area contributed by atoms with Crippen LogP contribution in [0.1, 0.15) is 46.8 Å². The Labute approximate surface area is 172 Å². The fourth-order valence-electron chi connectivity index (χ4n) is 6.47. The molecule has 29 heavy (non-hydrogen) atoms. The standard InChI is InChI=1S/C25H30N2O2/c1-2-10-25(20-9-5-8-17(11-20)23(26)28)21-14-27(15-22(21)25)16-24(29)12-18-6-3-4-7-19(18)13-24/h3-9,11,21-22,29H,2,10,12-16H2,1H3,(H2,26,28). The zero-order valence-electron chi connectivity index (χ0n) is 17.1. The number of aliphatic hydroxyl groups is 1. The molecular formula is C25H30N2O2. The maximum atomic E-state index is 11.7. The van der Waals surface area contributed by atoms with Gasteiger partial charge in [-0.15, -0.1) is 0 Å². The highest BCUT2D eigenvalue weighted by atomic mass is 16.3. The SMILES string of the molecule is CCCC1(c2cccc(C(N)=O)c2)C2CN(CC3(O)Cc4ccccc4C3)CC21. The summed E-state index contributed by atoms with van der Waals surface area (Å²) in [6.45, 7) is 5.05. The van der Waals surface area contributed by atoms with Crippen molar-refractivity contribution in [2.75, 3.05) is 19.6 Å². The number of fused-ring (bicyclic) bond motifs is 2. The number of carbonyl (C=O) groups excluding carboxylic acids is 1. The Morgan fingerprint density at radius 3 is 2.34 bits per heavy atom. The van der Waals surface area contributed by atoms with Gasteiger partial charge < -0.3 is 10.8 Å². The lowest BCUT2D eigenvalue weighted by molar-refractivity contribution is 0.0138. The molecule has 0 spiro atoms. The summed E-state index contributed by atoms with van der Waals surface area (Å²) in [5.41, 5.74) is 9.54. The number of primary amides is 1. The van der Waals surface area contributed by atoms with Gasteiger partial charge >= 0.3 is 0 Å². The fraction of sp³-hybridized carbons (Fsp3) is 0.480. The average molecular weight is 391 g/mol. The number of piperidine rings is 1. The third-order valence-corrected chi connectivity index (χ3v) is 7.63. The second kappa shape index (κ2) is 6.68. The predicted octanol–water partition coefficient (Wildman–Crippen LogP) is 2.91. The van der Waals surface area contributed by atoms with E-state index in [9.17, 15) is 9.90 Å². The smallest absolute Gasteiger partial charge is 0.248 e. The van der Waals surface area contributed by atoms with Crippen molar-refractivity contribution in [3.63, 3.8) is 0 Å². The minimum Gasteiger partial charge on any atom is -0.388 e. The number of likely N-dealkylation sites (tertiary alicyclic amines) is 1. The van der Waals surface area contributed by atoms with Crippen LogP contribution in [0, 0.1) is 11.8 Å². The third-order valence-electron chi connectivity index (χ3n) is 7.63. The average Bonchev–Trinajstić information content (AvgIpc) is 2.99. The Hall–Kier alpha value is -2.17. The number of hydrogen-bond donors (Lipinski definition) is 2. The van der Waals surface area contributed by atoms with Crippen LogP contribution in [0.25, 0.3) is 0 Å². The molecule has 2 aromatic carbocycles. The zero-order chi connectivity index (χ0) is 20.2. The maximum Gasteiger partial charge on any atom is 0.248 e. The van der Waals surface area contributed by atoms with Crippen LogP contribution in [0.3, 0.4) is 0 Å². The number of benzene rings is 2. The van der Waals surface area contributed by atoms with Crippen molar-refractivity contribution >= 4 is 5.91 Å². The highest BCUT2D eigenvalue weighted by Crippen LogP contribution is 2.66. The van der Waals surface area contributed by atoms with E-state index in [2.05, 4.69) is 42.2 Å². The molecule has 2 unspecified atom stereocenters. The number of rotatable bonds is 6. The van der Waals surface area contributed by atoms with Crippen molar-refractivity contribution in [2.24, 2.45) is 17.6 Å². The van der Waals surface area contributed by atoms with Gasteiger partial charge in [-0.3, -0.25) is 9.69 Å². The lowest BCUT2D eigenvalue weighted by Gasteiger charge is -2.32. The second-order valence-corrected chi connectivity index (χ2v) is 9.49. The van der Waals surface area contributed by atoms with E-state index in [1.807, 2.05) is 18.2 Å². The Morgan fingerprint density at radius 2 is 1.76 bits per heavy atom. The monoisotopic (exact) mass is 390 g/mol. The van der Waals surface area contributed by atoms with Crippen molar-refractivity contribution in [1.29, 1.82) is 0 Å². The van der Waals surface area contributed by atoms with Gasteiger partial charge in [-0.25, -0.2) is 0 Å². The molecular weight excluding hydrogens is 360 g/mol. The van der Waals surface area contributed by atoms with Gasteiger partial charge in [0, 0.05) is 43.5 Å². The van der Waals surface area contributed by atoms with E-state index in [1.54, 1.807) is 0 Å². The first-order valence-electron chi connectivity index (χ1n) is 10.9. The summed E-state index contributed by atoms with van der Waals surface area (Å²) < 4.78 is 0. The fourth-order valence-corrected chi connectivity index (χ4v) is 6.47. The summed E-state index contributed by atoms with van der Waals surface area (Å²) in [4.78, 5) is 14.1. The van der Waals surface area contributed by atoms with E-state index in [0.29, 0.717) is 17.4 Å². The van der Waals surface area contributed by atoms with Crippen LogP contribution in [0.2, 0.25) is 0 Å². The van der Waals surface area contributed by atoms with Crippen molar-refractivity contribution in [3.05, 3.63) is 70.8 Å². The van der Waals surface area contributed by atoms with E-state index in [-0.39, 0.29) is 11.3 Å². The summed E-state index contributed by atoms with van der Waals surface area (Å²) >= 11 is 0. The van der Waals surface area contributed by atoms with Crippen LogP contribution in [0.15, 0.2) is 48.5 Å².